The molecule has 0 aromatic carbocycles. The van der Waals surface area contributed by atoms with Crippen molar-refractivity contribution in [1.29, 1.82) is 0 Å². The summed E-state index contributed by atoms with van der Waals surface area (Å²) in [5.74, 6) is 0. The quantitative estimate of drug-likeness (QED) is 0.311. The van der Waals surface area contributed by atoms with Gasteiger partial charge in [0.15, 0.2) is 30.4 Å². The Bertz CT molecular complexity index is 846. The zero-order valence-electron chi connectivity index (χ0n) is 14.1. The average Bonchev–Trinajstić information content (AvgIpc) is 2.41. The van der Waals surface area contributed by atoms with Gasteiger partial charge >= 0.3 is 69.9 Å². The maximum atomic E-state index is 11.4. The molecule has 0 atom stereocenters. The molecule has 0 unspecified atom stereocenters. The van der Waals surface area contributed by atoms with Crippen LogP contribution in [0, 0.1) is 35.6 Å². The number of rotatable bonds is 3. The molecule has 0 aliphatic carbocycles. The van der Waals surface area contributed by atoms with Crippen LogP contribution in [0.2, 0.25) is 0 Å². The third-order valence-corrected chi connectivity index (χ3v) is 4.51. The minimum absolute atomic E-state index is 0. The molecule has 0 radical (unpaired) electrons. The maximum absolute atomic E-state index is 11.4. The van der Waals surface area contributed by atoms with Crippen molar-refractivity contribution in [2.45, 2.75) is 34.3 Å². The molecule has 0 amide bonds. The summed E-state index contributed by atoms with van der Waals surface area (Å²) in [5.41, 5.74) is 0. The third kappa shape index (κ3) is 10.5. The Kier molecular flexibility index (Phi) is 13.9. The van der Waals surface area contributed by atoms with Crippen LogP contribution in [0.1, 0.15) is 0 Å². The van der Waals surface area contributed by atoms with Crippen molar-refractivity contribution in [2.24, 2.45) is 0 Å². The molecular formula is C6F15LaO9S3. The fraction of sp³-hybridized carbons (Fsp3) is 1.00. The first-order chi connectivity index (χ1) is 13.5. The van der Waals surface area contributed by atoms with E-state index >= 15 is 0 Å². The van der Waals surface area contributed by atoms with Gasteiger partial charge in [0.2, 0.25) is 0 Å². The van der Waals surface area contributed by atoms with Gasteiger partial charge in [0, 0.05) is 0 Å². The zero-order chi connectivity index (χ0) is 28.5. The van der Waals surface area contributed by atoms with Gasteiger partial charge in [-0.1, -0.05) is 0 Å². The SMILES string of the molecule is O=S(=O)([O-])C(F)(F)C(F)(F)F.O=S(=O)([O-])C(F)(F)C(F)(F)F.O=S(=O)([O-])C(F)(F)C(F)(F)F.[La+3]. The number of hydrogen-bond acceptors (Lipinski definition) is 9. The molecule has 0 heterocycles. The van der Waals surface area contributed by atoms with Gasteiger partial charge in [-0.3, -0.25) is 0 Å². The molecule has 0 bridgehead atoms. The fourth-order valence-corrected chi connectivity index (χ4v) is 1.28. The van der Waals surface area contributed by atoms with Gasteiger partial charge in [0.05, 0.1) is 0 Å². The molecular weight excluding hydrogens is 736 g/mol. The van der Waals surface area contributed by atoms with Crippen LogP contribution in [0.25, 0.3) is 0 Å². The van der Waals surface area contributed by atoms with Gasteiger partial charge in [-0.2, -0.15) is 65.9 Å². The summed E-state index contributed by atoms with van der Waals surface area (Å²) in [7, 11) is -20.0. The Hall–Kier alpha value is -0.125. The minimum atomic E-state index is -6.67. The van der Waals surface area contributed by atoms with Crippen LogP contribution in [0.5, 0.6) is 0 Å². The smallest absolute Gasteiger partial charge is 0.743 e. The molecule has 9 nitrogen and oxygen atoms in total. The molecule has 0 N–H and O–H groups in total. The van der Waals surface area contributed by atoms with E-state index in [1.165, 1.54) is 0 Å². The molecule has 0 saturated heterocycles. The largest absolute Gasteiger partial charge is 3.00 e. The summed E-state index contributed by atoms with van der Waals surface area (Å²) >= 11 is 0. The average molecular weight is 736 g/mol. The van der Waals surface area contributed by atoms with Crippen LogP contribution in [0.3, 0.4) is 0 Å². The maximum Gasteiger partial charge on any atom is 3.00 e. The number of hydrogen-bond donors (Lipinski definition) is 0. The van der Waals surface area contributed by atoms with Crippen molar-refractivity contribution in [3.8, 4) is 0 Å². The van der Waals surface area contributed by atoms with Gasteiger partial charge in [-0.05, 0) is 0 Å². The van der Waals surface area contributed by atoms with E-state index < -0.39 is 64.6 Å². The summed E-state index contributed by atoms with van der Waals surface area (Å²) in [6.45, 7) is 0. The van der Waals surface area contributed by atoms with Crippen molar-refractivity contribution in [1.82, 2.24) is 0 Å². The first kappa shape index (κ1) is 41.0. The molecule has 0 spiro atoms. The van der Waals surface area contributed by atoms with E-state index in [1.54, 1.807) is 0 Å². The Labute approximate surface area is 204 Å². The van der Waals surface area contributed by atoms with E-state index in [0.717, 1.165) is 0 Å². The van der Waals surface area contributed by atoms with Crippen molar-refractivity contribution < 1.29 is 140 Å². The Morgan fingerprint density at radius 1 is 0.353 bits per heavy atom. The van der Waals surface area contributed by atoms with Crippen molar-refractivity contribution in [3.05, 3.63) is 0 Å². The van der Waals surface area contributed by atoms with E-state index in [9.17, 15) is 105 Å². The van der Waals surface area contributed by atoms with Gasteiger partial charge in [0.25, 0.3) is 0 Å². The molecule has 28 heteroatoms. The second-order valence-electron chi connectivity index (χ2n) is 4.41. The molecule has 204 valence electrons. The third-order valence-electron chi connectivity index (χ3n) is 1.93. The Balaban J connectivity index is -0.000000196. The van der Waals surface area contributed by atoms with Gasteiger partial charge < -0.3 is 13.7 Å². The topological polar surface area (TPSA) is 172 Å². The van der Waals surface area contributed by atoms with E-state index in [4.69, 9.17) is 0 Å². The predicted octanol–water partition coefficient (Wildman–Crippen LogP) is 2.06. The van der Waals surface area contributed by atoms with Crippen LogP contribution in [0.15, 0.2) is 0 Å². The second-order valence-corrected chi connectivity index (χ2v) is 8.67. The fourth-order valence-electron chi connectivity index (χ4n) is 0.425. The Morgan fingerprint density at radius 3 is 0.441 bits per heavy atom. The first-order valence-electron chi connectivity index (χ1n) is 5.70. The van der Waals surface area contributed by atoms with E-state index in [0.29, 0.717) is 0 Å². The van der Waals surface area contributed by atoms with Crippen molar-refractivity contribution in [3.63, 3.8) is 0 Å². The molecule has 0 aromatic heterocycles. The van der Waals surface area contributed by atoms with E-state index in [-0.39, 0.29) is 35.6 Å². The van der Waals surface area contributed by atoms with Crippen LogP contribution < -0.4 is 0 Å². The normalized spacial score (nSPS) is 14.6. The van der Waals surface area contributed by atoms with E-state index in [1.807, 2.05) is 0 Å². The second kappa shape index (κ2) is 11.5. The Morgan fingerprint density at radius 2 is 0.441 bits per heavy atom. The summed E-state index contributed by atoms with van der Waals surface area (Å²) in [6.07, 6.45) is -19.1. The van der Waals surface area contributed by atoms with Gasteiger partial charge in [0.1, 0.15) is 0 Å². The summed E-state index contributed by atoms with van der Waals surface area (Å²) < 4.78 is 251. The van der Waals surface area contributed by atoms with Crippen molar-refractivity contribution >= 4 is 30.4 Å². The van der Waals surface area contributed by atoms with Crippen LogP contribution in [-0.4, -0.2) is 73.2 Å². The summed E-state index contributed by atoms with van der Waals surface area (Å²) in [4.78, 5) is 0. The monoisotopic (exact) mass is 736 g/mol. The first-order valence-corrected chi connectivity index (χ1v) is 9.92. The minimum Gasteiger partial charge on any atom is -0.743 e. The molecule has 0 rings (SSSR count). The molecule has 0 aromatic rings. The van der Waals surface area contributed by atoms with Crippen LogP contribution in [0.4, 0.5) is 65.9 Å². The van der Waals surface area contributed by atoms with Gasteiger partial charge in [-0.25, -0.2) is 25.3 Å². The molecule has 0 saturated carbocycles. The van der Waals surface area contributed by atoms with Crippen LogP contribution in [-0.2, 0) is 30.4 Å². The van der Waals surface area contributed by atoms with Crippen LogP contribution >= 0.6 is 0 Å². The van der Waals surface area contributed by atoms with Gasteiger partial charge in [-0.15, -0.1) is 0 Å². The predicted molar refractivity (Wildman–Crippen MR) is 62.1 cm³/mol. The zero-order valence-corrected chi connectivity index (χ0v) is 20.2. The molecule has 34 heavy (non-hydrogen) atoms. The number of alkyl halides is 15. The van der Waals surface area contributed by atoms with Crippen molar-refractivity contribution in [2.75, 3.05) is 0 Å². The summed E-state index contributed by atoms with van der Waals surface area (Å²) in [5, 5.41) is -18.6. The van der Waals surface area contributed by atoms with E-state index in [2.05, 4.69) is 0 Å². The molecule has 0 aliphatic heterocycles. The summed E-state index contributed by atoms with van der Waals surface area (Å²) in [6, 6.07) is 0. The standard InChI is InChI=1S/3C2HF5O3S.La/c3*3-1(4,5)2(6,7)11(8,9)10;/h3*(H,8,9,10);/q;;;+3/p-3. The molecule has 0 aliphatic rings. The molecule has 0 fully saturated rings. The number of halogens is 15.